The van der Waals surface area contributed by atoms with Gasteiger partial charge in [-0.25, -0.2) is 4.39 Å². The minimum absolute atomic E-state index is 0.0993. The van der Waals surface area contributed by atoms with E-state index >= 15 is 0 Å². The van der Waals surface area contributed by atoms with Crippen LogP contribution >= 0.6 is 0 Å². The quantitative estimate of drug-likeness (QED) is 0.771. The number of hydrogen-bond acceptors (Lipinski definition) is 2. The first-order valence-corrected chi connectivity index (χ1v) is 7.52. The predicted molar refractivity (Wildman–Crippen MR) is 87.4 cm³/mol. The fourth-order valence-corrected chi connectivity index (χ4v) is 2.16. The molecule has 0 aromatic heterocycles. The summed E-state index contributed by atoms with van der Waals surface area (Å²) in [6.07, 6.45) is 1.54. The van der Waals surface area contributed by atoms with Crippen LogP contribution in [0.1, 0.15) is 18.1 Å². The Hall–Kier alpha value is -2.20. The summed E-state index contributed by atoms with van der Waals surface area (Å²) in [6, 6.07) is 14.5. The van der Waals surface area contributed by atoms with E-state index < -0.39 is 0 Å². The Morgan fingerprint density at radius 2 is 1.82 bits per heavy atom. The molecule has 2 rings (SSSR count). The minimum atomic E-state index is -0.204. The number of amides is 1. The fourth-order valence-electron chi connectivity index (χ4n) is 2.16. The van der Waals surface area contributed by atoms with Crippen LogP contribution in [-0.4, -0.2) is 19.0 Å². The van der Waals surface area contributed by atoms with Crippen molar-refractivity contribution in [1.29, 1.82) is 0 Å². The van der Waals surface area contributed by atoms with Crippen molar-refractivity contribution in [3.63, 3.8) is 0 Å². The number of carbonyl (C=O) groups excluding carboxylic acids is 1. The zero-order chi connectivity index (χ0) is 15.8. The standard InChI is InChI=1S/C18H21FN2O/c1-2-14-7-9-16(10-8-14)21-18(22)13-20-12-11-15-5-3-4-6-17(15)19/h3-10,20H,2,11-13H2,1H3,(H,21,22). The normalized spacial score (nSPS) is 10.5. The van der Waals surface area contributed by atoms with Gasteiger partial charge in [0.2, 0.25) is 5.91 Å². The Morgan fingerprint density at radius 1 is 1.09 bits per heavy atom. The van der Waals surface area contributed by atoms with Gasteiger partial charge >= 0.3 is 0 Å². The molecule has 3 nitrogen and oxygen atoms in total. The molecule has 0 aliphatic heterocycles. The van der Waals surface area contributed by atoms with E-state index in [-0.39, 0.29) is 18.3 Å². The molecule has 0 aliphatic carbocycles. The molecule has 0 spiro atoms. The first-order chi connectivity index (χ1) is 10.7. The molecule has 4 heteroatoms. The maximum Gasteiger partial charge on any atom is 0.238 e. The minimum Gasteiger partial charge on any atom is -0.325 e. The van der Waals surface area contributed by atoms with Crippen molar-refractivity contribution in [2.75, 3.05) is 18.4 Å². The lowest BCUT2D eigenvalue weighted by molar-refractivity contribution is -0.115. The summed E-state index contributed by atoms with van der Waals surface area (Å²) >= 11 is 0. The highest BCUT2D eigenvalue weighted by Gasteiger charge is 2.03. The van der Waals surface area contributed by atoms with E-state index in [0.717, 1.165) is 12.1 Å². The average molecular weight is 300 g/mol. The second kappa shape index (κ2) is 8.29. The Kier molecular flexibility index (Phi) is 6.10. The van der Waals surface area contributed by atoms with Crippen molar-refractivity contribution in [2.24, 2.45) is 0 Å². The SMILES string of the molecule is CCc1ccc(NC(=O)CNCCc2ccccc2F)cc1. The molecule has 0 radical (unpaired) electrons. The van der Waals surface area contributed by atoms with Crippen LogP contribution in [0.25, 0.3) is 0 Å². The molecular formula is C18H21FN2O. The van der Waals surface area contributed by atoms with E-state index in [1.807, 2.05) is 30.3 Å². The molecule has 0 bridgehead atoms. The molecule has 2 N–H and O–H groups in total. The zero-order valence-corrected chi connectivity index (χ0v) is 12.7. The predicted octanol–water partition coefficient (Wildman–Crippen LogP) is 3.16. The summed E-state index contributed by atoms with van der Waals surface area (Å²) in [7, 11) is 0. The number of anilines is 1. The van der Waals surface area contributed by atoms with E-state index in [1.54, 1.807) is 12.1 Å². The smallest absolute Gasteiger partial charge is 0.238 e. The Morgan fingerprint density at radius 3 is 2.50 bits per heavy atom. The number of hydrogen-bond donors (Lipinski definition) is 2. The number of aryl methyl sites for hydroxylation is 1. The molecule has 22 heavy (non-hydrogen) atoms. The zero-order valence-electron chi connectivity index (χ0n) is 12.7. The van der Waals surface area contributed by atoms with Crippen molar-refractivity contribution in [1.82, 2.24) is 5.32 Å². The van der Waals surface area contributed by atoms with Gasteiger partial charge in [-0.05, 0) is 48.7 Å². The van der Waals surface area contributed by atoms with Gasteiger partial charge in [-0.3, -0.25) is 4.79 Å². The first kappa shape index (κ1) is 16.2. The van der Waals surface area contributed by atoms with E-state index in [0.29, 0.717) is 18.5 Å². The van der Waals surface area contributed by atoms with Crippen LogP contribution in [-0.2, 0) is 17.6 Å². The van der Waals surface area contributed by atoms with Gasteiger partial charge in [0.15, 0.2) is 0 Å². The lowest BCUT2D eigenvalue weighted by Gasteiger charge is -2.08. The molecule has 0 heterocycles. The van der Waals surface area contributed by atoms with E-state index in [9.17, 15) is 9.18 Å². The average Bonchev–Trinajstić information content (AvgIpc) is 2.54. The Bertz CT molecular complexity index is 611. The van der Waals surface area contributed by atoms with Crippen molar-refractivity contribution in [3.8, 4) is 0 Å². The van der Waals surface area contributed by atoms with Crippen LogP contribution in [0, 0.1) is 5.82 Å². The highest BCUT2D eigenvalue weighted by Crippen LogP contribution is 2.09. The molecular weight excluding hydrogens is 279 g/mol. The van der Waals surface area contributed by atoms with Crippen LogP contribution in [0.3, 0.4) is 0 Å². The molecule has 0 unspecified atom stereocenters. The summed E-state index contributed by atoms with van der Waals surface area (Å²) in [5.74, 6) is -0.303. The molecule has 0 atom stereocenters. The third-order valence-electron chi connectivity index (χ3n) is 3.46. The maximum absolute atomic E-state index is 13.4. The lowest BCUT2D eigenvalue weighted by atomic mass is 10.1. The monoisotopic (exact) mass is 300 g/mol. The van der Waals surface area contributed by atoms with E-state index in [2.05, 4.69) is 17.6 Å². The lowest BCUT2D eigenvalue weighted by Crippen LogP contribution is -2.29. The van der Waals surface area contributed by atoms with Crippen molar-refractivity contribution in [3.05, 3.63) is 65.5 Å². The van der Waals surface area contributed by atoms with Gasteiger partial charge in [-0.1, -0.05) is 37.3 Å². The summed E-state index contributed by atoms with van der Waals surface area (Å²) < 4.78 is 13.4. The van der Waals surface area contributed by atoms with Crippen LogP contribution in [0.5, 0.6) is 0 Å². The molecule has 2 aromatic carbocycles. The topological polar surface area (TPSA) is 41.1 Å². The molecule has 116 valence electrons. The van der Waals surface area contributed by atoms with Gasteiger partial charge in [-0.15, -0.1) is 0 Å². The van der Waals surface area contributed by atoms with Crippen molar-refractivity contribution >= 4 is 11.6 Å². The highest BCUT2D eigenvalue weighted by atomic mass is 19.1. The fraction of sp³-hybridized carbons (Fsp3) is 0.278. The van der Waals surface area contributed by atoms with Crippen LogP contribution < -0.4 is 10.6 Å². The summed E-state index contributed by atoms with van der Waals surface area (Å²) in [6.45, 7) is 2.86. The molecule has 0 aliphatic rings. The number of carbonyl (C=O) groups is 1. The van der Waals surface area contributed by atoms with Crippen molar-refractivity contribution < 1.29 is 9.18 Å². The van der Waals surface area contributed by atoms with Gasteiger partial charge in [0.25, 0.3) is 0 Å². The first-order valence-electron chi connectivity index (χ1n) is 7.52. The number of nitrogens with one attached hydrogen (secondary N) is 2. The van der Waals surface area contributed by atoms with Crippen molar-refractivity contribution in [2.45, 2.75) is 19.8 Å². The molecule has 0 fully saturated rings. The van der Waals surface area contributed by atoms with Gasteiger partial charge in [0.05, 0.1) is 6.54 Å². The summed E-state index contributed by atoms with van der Waals surface area (Å²) in [5, 5.41) is 5.85. The van der Waals surface area contributed by atoms with Crippen LogP contribution in [0.2, 0.25) is 0 Å². The molecule has 0 saturated carbocycles. The van der Waals surface area contributed by atoms with Gasteiger partial charge in [0, 0.05) is 5.69 Å². The Balaban J connectivity index is 1.70. The largest absolute Gasteiger partial charge is 0.325 e. The Labute approximate surface area is 130 Å². The van der Waals surface area contributed by atoms with Gasteiger partial charge in [0.1, 0.15) is 5.82 Å². The number of benzene rings is 2. The third kappa shape index (κ3) is 4.97. The number of halogens is 1. The summed E-state index contributed by atoms with van der Waals surface area (Å²) in [4.78, 5) is 11.8. The number of rotatable bonds is 7. The second-order valence-electron chi connectivity index (χ2n) is 5.12. The van der Waals surface area contributed by atoms with Gasteiger partial charge in [-0.2, -0.15) is 0 Å². The molecule has 0 saturated heterocycles. The van der Waals surface area contributed by atoms with E-state index in [1.165, 1.54) is 11.6 Å². The van der Waals surface area contributed by atoms with E-state index in [4.69, 9.17) is 0 Å². The van der Waals surface area contributed by atoms with Crippen LogP contribution in [0.15, 0.2) is 48.5 Å². The third-order valence-corrected chi connectivity index (χ3v) is 3.46. The summed E-state index contributed by atoms with van der Waals surface area (Å²) in [5.41, 5.74) is 2.68. The molecule has 1 amide bonds. The highest BCUT2D eigenvalue weighted by molar-refractivity contribution is 5.92. The van der Waals surface area contributed by atoms with Gasteiger partial charge < -0.3 is 10.6 Å². The molecule has 2 aromatic rings. The maximum atomic E-state index is 13.4. The van der Waals surface area contributed by atoms with Crippen LogP contribution in [0.4, 0.5) is 10.1 Å². The second-order valence-corrected chi connectivity index (χ2v) is 5.12.